The zero-order chi connectivity index (χ0) is 14.4. The summed E-state index contributed by atoms with van der Waals surface area (Å²) in [4.78, 5) is 4.28. The van der Waals surface area contributed by atoms with Gasteiger partial charge in [-0.3, -0.25) is 9.55 Å². The molecule has 0 amide bonds. The molecule has 0 unspecified atom stereocenters. The first-order chi connectivity index (χ1) is 9.69. The molecule has 0 saturated carbocycles. The molecule has 0 atom stereocenters. The van der Waals surface area contributed by atoms with Crippen molar-refractivity contribution >= 4 is 12.9 Å². The molecule has 2 rings (SSSR count). The van der Waals surface area contributed by atoms with E-state index >= 15 is 0 Å². The van der Waals surface area contributed by atoms with Crippen LogP contribution in [0.15, 0.2) is 48.7 Å². The normalized spacial score (nSPS) is 11.5. The van der Waals surface area contributed by atoms with Crippen LogP contribution < -0.4 is 5.30 Å². The van der Waals surface area contributed by atoms with Crippen LogP contribution >= 0.6 is 7.60 Å². The van der Waals surface area contributed by atoms with Crippen molar-refractivity contribution < 1.29 is 13.6 Å². The minimum atomic E-state index is -3.20. The van der Waals surface area contributed by atoms with Crippen molar-refractivity contribution in [2.24, 2.45) is 0 Å². The first kappa shape index (κ1) is 14.9. The molecule has 0 radical (unpaired) electrons. The Labute approximate surface area is 119 Å². The van der Waals surface area contributed by atoms with Crippen LogP contribution in [-0.2, 0) is 13.6 Å². The van der Waals surface area contributed by atoms with Crippen LogP contribution in [0.2, 0.25) is 0 Å². The van der Waals surface area contributed by atoms with Gasteiger partial charge in [0.1, 0.15) is 0 Å². The minimum absolute atomic E-state index is 0.346. The Hall–Kier alpha value is -1.48. The van der Waals surface area contributed by atoms with E-state index in [9.17, 15) is 4.57 Å². The fourth-order valence-electron chi connectivity index (χ4n) is 1.87. The first-order valence-corrected chi connectivity index (χ1v) is 8.15. The predicted molar refractivity (Wildman–Crippen MR) is 80.2 cm³/mol. The molecule has 1 aromatic carbocycles. The summed E-state index contributed by atoms with van der Waals surface area (Å²) in [6.07, 6.45) is 1.74. The van der Waals surface area contributed by atoms with Gasteiger partial charge in [-0.25, -0.2) is 0 Å². The molecular formula is C15H18NO3P. The zero-order valence-electron chi connectivity index (χ0n) is 11.7. The fraction of sp³-hybridized carbons (Fsp3) is 0.267. The lowest BCUT2D eigenvalue weighted by atomic mass is 10.1. The molecule has 0 spiro atoms. The molecule has 1 aromatic heterocycles. The Kier molecular flexibility index (Phi) is 5.07. The van der Waals surface area contributed by atoms with Gasteiger partial charge in [-0.05, 0) is 38.1 Å². The highest BCUT2D eigenvalue weighted by Crippen LogP contribution is 2.46. The molecule has 20 heavy (non-hydrogen) atoms. The van der Waals surface area contributed by atoms with Gasteiger partial charge >= 0.3 is 7.60 Å². The maximum atomic E-state index is 12.6. The number of hydrogen-bond donors (Lipinski definition) is 0. The van der Waals surface area contributed by atoms with Gasteiger partial charge in [-0.15, -0.1) is 0 Å². The Bertz CT molecular complexity index is 574. The Morgan fingerprint density at radius 1 is 1.00 bits per heavy atom. The van der Waals surface area contributed by atoms with Crippen molar-refractivity contribution in [1.29, 1.82) is 0 Å². The number of nitrogens with zero attached hydrogens (tertiary/aromatic N) is 1. The SMILES string of the molecule is CCOP(=O)(OCC)c1ccc(-c2ccccn2)cc1. The molecule has 5 heteroatoms. The van der Waals surface area contributed by atoms with Crippen LogP contribution in [0, 0.1) is 0 Å². The number of benzene rings is 1. The fourth-order valence-corrected chi connectivity index (χ4v) is 3.44. The molecule has 2 aromatic rings. The maximum Gasteiger partial charge on any atom is 0.361 e. The lowest BCUT2D eigenvalue weighted by molar-refractivity contribution is 0.230. The van der Waals surface area contributed by atoms with Gasteiger partial charge < -0.3 is 9.05 Å². The first-order valence-electron chi connectivity index (χ1n) is 6.60. The second kappa shape index (κ2) is 6.80. The van der Waals surface area contributed by atoms with Gasteiger partial charge in [0.25, 0.3) is 0 Å². The lowest BCUT2D eigenvalue weighted by Gasteiger charge is -2.17. The summed E-state index contributed by atoms with van der Waals surface area (Å²) in [6.45, 7) is 4.29. The summed E-state index contributed by atoms with van der Waals surface area (Å²) >= 11 is 0. The highest BCUT2D eigenvalue weighted by molar-refractivity contribution is 7.62. The molecule has 1 heterocycles. The summed E-state index contributed by atoms with van der Waals surface area (Å²) in [7, 11) is -3.20. The minimum Gasteiger partial charge on any atom is -0.305 e. The van der Waals surface area contributed by atoms with E-state index in [4.69, 9.17) is 9.05 Å². The van der Waals surface area contributed by atoms with E-state index in [0.29, 0.717) is 18.5 Å². The van der Waals surface area contributed by atoms with Crippen molar-refractivity contribution in [1.82, 2.24) is 4.98 Å². The maximum absolute atomic E-state index is 12.6. The van der Waals surface area contributed by atoms with E-state index < -0.39 is 7.60 Å². The Balaban J connectivity index is 2.29. The smallest absolute Gasteiger partial charge is 0.305 e. The average molecular weight is 291 g/mol. The molecule has 106 valence electrons. The van der Waals surface area contributed by atoms with Gasteiger partial charge in [-0.1, -0.05) is 18.2 Å². The average Bonchev–Trinajstić information content (AvgIpc) is 2.49. The molecule has 0 aliphatic heterocycles. The molecule has 0 saturated heterocycles. The lowest BCUT2D eigenvalue weighted by Crippen LogP contribution is -2.10. The van der Waals surface area contributed by atoms with Crippen molar-refractivity contribution in [2.75, 3.05) is 13.2 Å². The number of aromatic nitrogens is 1. The topological polar surface area (TPSA) is 48.4 Å². The van der Waals surface area contributed by atoms with Crippen molar-refractivity contribution in [2.45, 2.75) is 13.8 Å². The van der Waals surface area contributed by atoms with Gasteiger partial charge in [0.15, 0.2) is 0 Å². The molecule has 0 bridgehead atoms. The van der Waals surface area contributed by atoms with Crippen LogP contribution in [0.3, 0.4) is 0 Å². The molecule has 0 aliphatic rings. The summed E-state index contributed by atoms with van der Waals surface area (Å²) in [6, 6.07) is 13.0. The summed E-state index contributed by atoms with van der Waals surface area (Å²) in [5, 5.41) is 0.570. The van der Waals surface area contributed by atoms with E-state index in [1.165, 1.54) is 0 Å². The third-order valence-corrected chi connectivity index (χ3v) is 4.87. The molecular weight excluding hydrogens is 273 g/mol. The predicted octanol–water partition coefficient (Wildman–Crippen LogP) is 3.64. The number of pyridine rings is 1. The quantitative estimate of drug-likeness (QED) is 0.762. The Morgan fingerprint density at radius 3 is 2.15 bits per heavy atom. The largest absolute Gasteiger partial charge is 0.361 e. The van der Waals surface area contributed by atoms with Crippen LogP contribution in [0.4, 0.5) is 0 Å². The van der Waals surface area contributed by atoms with Crippen LogP contribution in [-0.4, -0.2) is 18.2 Å². The summed E-state index contributed by atoms with van der Waals surface area (Å²) in [5.41, 5.74) is 1.84. The third-order valence-electron chi connectivity index (χ3n) is 2.74. The van der Waals surface area contributed by atoms with Gasteiger partial charge in [0.2, 0.25) is 0 Å². The summed E-state index contributed by atoms with van der Waals surface area (Å²) in [5.74, 6) is 0. The molecule has 0 aliphatic carbocycles. The Morgan fingerprint density at radius 2 is 1.65 bits per heavy atom. The summed E-state index contributed by atoms with van der Waals surface area (Å²) < 4.78 is 23.2. The number of hydrogen-bond acceptors (Lipinski definition) is 4. The monoisotopic (exact) mass is 291 g/mol. The second-order valence-electron chi connectivity index (χ2n) is 4.09. The van der Waals surface area contributed by atoms with Crippen LogP contribution in [0.5, 0.6) is 0 Å². The standard InChI is InChI=1S/C15H18NO3P/c1-3-18-20(17,19-4-2)14-10-8-13(9-11-14)15-7-5-6-12-16-15/h5-12H,3-4H2,1-2H3. The van der Waals surface area contributed by atoms with E-state index in [0.717, 1.165) is 11.3 Å². The van der Waals surface area contributed by atoms with E-state index in [-0.39, 0.29) is 0 Å². The molecule has 4 nitrogen and oxygen atoms in total. The van der Waals surface area contributed by atoms with E-state index in [2.05, 4.69) is 4.98 Å². The zero-order valence-corrected chi connectivity index (χ0v) is 12.5. The van der Waals surface area contributed by atoms with Gasteiger partial charge in [0.05, 0.1) is 24.2 Å². The molecule has 0 N–H and O–H groups in total. The third kappa shape index (κ3) is 3.34. The number of rotatable bonds is 6. The van der Waals surface area contributed by atoms with Gasteiger partial charge in [0, 0.05) is 11.8 Å². The van der Waals surface area contributed by atoms with Crippen LogP contribution in [0.25, 0.3) is 11.3 Å². The van der Waals surface area contributed by atoms with Crippen LogP contribution in [0.1, 0.15) is 13.8 Å². The second-order valence-corrected chi connectivity index (χ2v) is 6.12. The molecule has 0 fully saturated rings. The highest BCUT2D eigenvalue weighted by atomic mass is 31.2. The van der Waals surface area contributed by atoms with E-state index in [1.807, 2.05) is 30.3 Å². The highest BCUT2D eigenvalue weighted by Gasteiger charge is 2.26. The van der Waals surface area contributed by atoms with Crippen molar-refractivity contribution in [3.8, 4) is 11.3 Å². The van der Waals surface area contributed by atoms with Crippen molar-refractivity contribution in [3.05, 3.63) is 48.7 Å². The van der Waals surface area contributed by atoms with Gasteiger partial charge in [-0.2, -0.15) is 0 Å². The van der Waals surface area contributed by atoms with E-state index in [1.54, 1.807) is 32.2 Å². The van der Waals surface area contributed by atoms with Crippen molar-refractivity contribution in [3.63, 3.8) is 0 Å².